The monoisotopic (exact) mass is 344 g/mol. The molecule has 0 bridgehead atoms. The van der Waals surface area contributed by atoms with Crippen LogP contribution in [0.2, 0.25) is 0 Å². The summed E-state index contributed by atoms with van der Waals surface area (Å²) < 4.78 is 1.92. The van der Waals surface area contributed by atoms with E-state index in [2.05, 4.69) is 23.9 Å². The Kier molecular flexibility index (Phi) is 5.08. The lowest BCUT2D eigenvalue weighted by molar-refractivity contribution is 0.0523. The number of hydrogen-bond acceptors (Lipinski definition) is 4. The number of hydrogen-bond donors (Lipinski definition) is 1. The third-order valence-corrected chi connectivity index (χ3v) is 5.44. The van der Waals surface area contributed by atoms with Gasteiger partial charge in [-0.25, -0.2) is 9.67 Å². The van der Waals surface area contributed by atoms with Gasteiger partial charge in [0.05, 0.1) is 29.3 Å². The number of aliphatic hydroxyl groups excluding tert-OH is 1. The van der Waals surface area contributed by atoms with E-state index in [1.807, 2.05) is 29.5 Å². The summed E-state index contributed by atoms with van der Waals surface area (Å²) >= 11 is 0. The number of aryl methyl sites for hydroxylation is 1. The van der Waals surface area contributed by atoms with Crippen LogP contribution in [0.25, 0.3) is 11.0 Å². The smallest absolute Gasteiger partial charge is 0.254 e. The Hall–Kier alpha value is -1.95. The van der Waals surface area contributed by atoms with Gasteiger partial charge in [0.15, 0.2) is 5.65 Å². The van der Waals surface area contributed by atoms with Gasteiger partial charge in [0.1, 0.15) is 0 Å². The molecule has 1 saturated heterocycles. The SMILES string of the molecule is CCC(C)n1ncc2c(C(=O)N3CCC(C(C)O)CC3)cc(C)nc21. The maximum atomic E-state index is 13.1. The van der Waals surface area contributed by atoms with E-state index in [1.165, 1.54) is 0 Å². The van der Waals surface area contributed by atoms with Crippen LogP contribution in [-0.4, -0.2) is 49.9 Å². The molecular formula is C19H28N4O2. The van der Waals surface area contributed by atoms with E-state index in [4.69, 9.17) is 0 Å². The zero-order valence-electron chi connectivity index (χ0n) is 15.6. The minimum atomic E-state index is -0.305. The quantitative estimate of drug-likeness (QED) is 0.926. The fourth-order valence-corrected chi connectivity index (χ4v) is 3.57. The van der Waals surface area contributed by atoms with E-state index in [0.29, 0.717) is 18.7 Å². The molecule has 2 unspecified atom stereocenters. The van der Waals surface area contributed by atoms with E-state index < -0.39 is 0 Å². The fraction of sp³-hybridized carbons (Fsp3) is 0.632. The number of rotatable bonds is 4. The fourth-order valence-electron chi connectivity index (χ4n) is 3.57. The van der Waals surface area contributed by atoms with Crippen molar-refractivity contribution in [1.82, 2.24) is 19.7 Å². The van der Waals surface area contributed by atoms with Crippen LogP contribution in [0.15, 0.2) is 12.3 Å². The summed E-state index contributed by atoms with van der Waals surface area (Å²) in [5, 5.41) is 15.1. The molecule has 136 valence electrons. The summed E-state index contributed by atoms with van der Waals surface area (Å²) in [4.78, 5) is 19.6. The lowest BCUT2D eigenvalue weighted by atomic mass is 9.92. The van der Waals surface area contributed by atoms with Gasteiger partial charge in [0.2, 0.25) is 0 Å². The molecule has 2 aromatic rings. The van der Waals surface area contributed by atoms with E-state index in [1.54, 1.807) is 6.20 Å². The number of likely N-dealkylation sites (tertiary alicyclic amines) is 1. The van der Waals surface area contributed by atoms with Gasteiger partial charge in [-0.1, -0.05) is 6.92 Å². The van der Waals surface area contributed by atoms with Crippen molar-refractivity contribution < 1.29 is 9.90 Å². The topological polar surface area (TPSA) is 71.2 Å². The predicted octanol–water partition coefficient (Wildman–Crippen LogP) is 2.94. The molecule has 0 radical (unpaired) electrons. The Morgan fingerprint density at radius 3 is 2.64 bits per heavy atom. The maximum absolute atomic E-state index is 13.1. The Morgan fingerprint density at radius 1 is 1.36 bits per heavy atom. The van der Waals surface area contributed by atoms with Crippen molar-refractivity contribution in [2.45, 2.75) is 59.1 Å². The van der Waals surface area contributed by atoms with Crippen molar-refractivity contribution in [3.63, 3.8) is 0 Å². The molecule has 0 spiro atoms. The normalized spacial score (nSPS) is 18.5. The van der Waals surface area contributed by atoms with Gasteiger partial charge in [-0.3, -0.25) is 4.79 Å². The van der Waals surface area contributed by atoms with E-state index >= 15 is 0 Å². The second kappa shape index (κ2) is 7.12. The lowest BCUT2D eigenvalue weighted by Crippen LogP contribution is -2.40. The molecule has 2 aromatic heterocycles. The van der Waals surface area contributed by atoms with Crippen LogP contribution in [0, 0.1) is 12.8 Å². The van der Waals surface area contributed by atoms with E-state index in [9.17, 15) is 9.90 Å². The molecular weight excluding hydrogens is 316 g/mol. The first-order chi connectivity index (χ1) is 11.9. The maximum Gasteiger partial charge on any atom is 0.254 e. The average Bonchev–Trinajstić information content (AvgIpc) is 3.03. The Labute approximate surface area is 148 Å². The number of aliphatic hydroxyl groups is 1. The number of nitrogens with zero attached hydrogens (tertiary/aromatic N) is 4. The molecule has 1 amide bonds. The van der Waals surface area contributed by atoms with Crippen LogP contribution in [0.1, 0.15) is 62.1 Å². The standard InChI is InChI=1S/C19H28N4O2/c1-5-13(3)23-18-17(11-20-23)16(10-12(2)21-18)19(25)22-8-6-15(7-9-22)14(4)24/h10-11,13-15,24H,5-9H2,1-4H3. The van der Waals surface area contributed by atoms with Crippen molar-refractivity contribution in [2.75, 3.05) is 13.1 Å². The molecule has 1 N–H and O–H groups in total. The zero-order chi connectivity index (χ0) is 18.1. The van der Waals surface area contributed by atoms with Gasteiger partial charge >= 0.3 is 0 Å². The predicted molar refractivity (Wildman–Crippen MR) is 97.6 cm³/mol. The molecule has 1 aliphatic rings. The summed E-state index contributed by atoms with van der Waals surface area (Å²) in [6.45, 7) is 9.36. The van der Waals surface area contributed by atoms with Crippen molar-refractivity contribution in [3.8, 4) is 0 Å². The van der Waals surface area contributed by atoms with Crippen LogP contribution in [0.4, 0.5) is 0 Å². The van der Waals surface area contributed by atoms with Crippen molar-refractivity contribution in [2.24, 2.45) is 5.92 Å². The second-order valence-corrected chi connectivity index (χ2v) is 7.27. The van der Waals surface area contributed by atoms with Crippen LogP contribution >= 0.6 is 0 Å². The van der Waals surface area contributed by atoms with Gasteiger partial charge < -0.3 is 10.0 Å². The first-order valence-electron chi connectivity index (χ1n) is 9.24. The highest BCUT2D eigenvalue weighted by Crippen LogP contribution is 2.26. The van der Waals surface area contributed by atoms with E-state index in [-0.39, 0.29) is 24.0 Å². The van der Waals surface area contributed by atoms with Crippen LogP contribution in [0.3, 0.4) is 0 Å². The van der Waals surface area contributed by atoms with E-state index in [0.717, 1.165) is 36.0 Å². The molecule has 6 heteroatoms. The first-order valence-corrected chi connectivity index (χ1v) is 9.24. The Morgan fingerprint density at radius 2 is 2.04 bits per heavy atom. The van der Waals surface area contributed by atoms with Crippen molar-refractivity contribution >= 4 is 16.9 Å². The summed E-state index contributed by atoms with van der Waals surface area (Å²) in [5.41, 5.74) is 2.31. The number of aromatic nitrogens is 3. The van der Waals surface area contributed by atoms with Gasteiger partial charge in [-0.15, -0.1) is 0 Å². The van der Waals surface area contributed by atoms with Gasteiger partial charge in [-0.05, 0) is 52.0 Å². The molecule has 0 aliphatic carbocycles. The molecule has 25 heavy (non-hydrogen) atoms. The average molecular weight is 344 g/mol. The highest BCUT2D eigenvalue weighted by Gasteiger charge is 2.27. The second-order valence-electron chi connectivity index (χ2n) is 7.27. The molecule has 3 heterocycles. The number of pyridine rings is 1. The summed E-state index contributed by atoms with van der Waals surface area (Å²) in [6, 6.07) is 2.12. The van der Waals surface area contributed by atoms with Gasteiger partial charge in [-0.2, -0.15) is 5.10 Å². The molecule has 0 saturated carbocycles. The third-order valence-electron chi connectivity index (χ3n) is 5.44. The summed E-state index contributed by atoms with van der Waals surface area (Å²) in [6.07, 6.45) is 4.12. The Balaban J connectivity index is 1.91. The number of carbonyl (C=O) groups excluding carboxylic acids is 1. The Bertz CT molecular complexity index is 760. The molecule has 1 fully saturated rings. The minimum absolute atomic E-state index is 0.0447. The van der Waals surface area contributed by atoms with Crippen molar-refractivity contribution in [3.05, 3.63) is 23.5 Å². The van der Waals surface area contributed by atoms with Crippen LogP contribution in [0.5, 0.6) is 0 Å². The summed E-state index contributed by atoms with van der Waals surface area (Å²) in [5.74, 6) is 0.333. The molecule has 1 aliphatic heterocycles. The van der Waals surface area contributed by atoms with Gasteiger partial charge in [0.25, 0.3) is 5.91 Å². The molecule has 0 aromatic carbocycles. The molecule has 6 nitrogen and oxygen atoms in total. The van der Waals surface area contributed by atoms with Crippen LogP contribution in [-0.2, 0) is 0 Å². The van der Waals surface area contributed by atoms with Gasteiger partial charge in [0, 0.05) is 18.8 Å². The zero-order valence-corrected chi connectivity index (χ0v) is 15.6. The first kappa shape index (κ1) is 17.9. The number of amides is 1. The largest absolute Gasteiger partial charge is 0.393 e. The number of carbonyl (C=O) groups is 1. The molecule has 2 atom stereocenters. The highest BCUT2D eigenvalue weighted by molar-refractivity contribution is 6.05. The minimum Gasteiger partial charge on any atom is -0.393 e. The third kappa shape index (κ3) is 3.40. The number of fused-ring (bicyclic) bond motifs is 1. The number of piperidine rings is 1. The molecule has 3 rings (SSSR count). The van der Waals surface area contributed by atoms with Crippen LogP contribution < -0.4 is 0 Å². The lowest BCUT2D eigenvalue weighted by Gasteiger charge is -2.33. The highest BCUT2D eigenvalue weighted by atomic mass is 16.3. The van der Waals surface area contributed by atoms with Crippen molar-refractivity contribution in [1.29, 1.82) is 0 Å². The summed E-state index contributed by atoms with van der Waals surface area (Å²) in [7, 11) is 0.